The molecule has 14 heteroatoms. The van der Waals surface area contributed by atoms with Crippen molar-refractivity contribution >= 4 is 50.3 Å². The second-order valence-corrected chi connectivity index (χ2v) is 10.6. The second-order valence-electron chi connectivity index (χ2n) is 7.60. The summed E-state index contributed by atoms with van der Waals surface area (Å²) in [4.78, 5) is 47.2. The molecule has 0 radical (unpaired) electrons. The minimum Gasteiger partial charge on any atom is -0.478 e. The molecule has 34 heavy (non-hydrogen) atoms. The maximum Gasteiger partial charge on any atom is 0.394 e. The average Bonchev–Trinajstić information content (AvgIpc) is 3.23. The van der Waals surface area contributed by atoms with Gasteiger partial charge in [0, 0.05) is 17.8 Å². The Morgan fingerprint density at radius 3 is 2.53 bits per heavy atom. The fraction of sp³-hybridized carbons (Fsp3) is 0.300. The van der Waals surface area contributed by atoms with E-state index in [0.717, 1.165) is 25.5 Å². The van der Waals surface area contributed by atoms with Crippen molar-refractivity contribution in [2.24, 2.45) is 0 Å². The minimum absolute atomic E-state index is 0.0292. The van der Waals surface area contributed by atoms with Crippen molar-refractivity contribution in [1.29, 1.82) is 0 Å². The fourth-order valence-electron chi connectivity index (χ4n) is 3.80. The second kappa shape index (κ2) is 9.13. The van der Waals surface area contributed by atoms with Crippen molar-refractivity contribution in [3.63, 3.8) is 0 Å². The number of fused-ring (bicyclic) bond motifs is 1. The smallest absolute Gasteiger partial charge is 0.394 e. The van der Waals surface area contributed by atoms with Gasteiger partial charge in [-0.1, -0.05) is 30.3 Å². The van der Waals surface area contributed by atoms with Gasteiger partial charge in [0.2, 0.25) is 0 Å². The molecule has 1 fully saturated rings. The van der Waals surface area contributed by atoms with E-state index >= 15 is 0 Å². The van der Waals surface area contributed by atoms with Crippen LogP contribution >= 0.6 is 11.3 Å². The van der Waals surface area contributed by atoms with Crippen molar-refractivity contribution in [3.05, 3.63) is 51.9 Å². The van der Waals surface area contributed by atoms with Crippen LogP contribution in [0, 0.1) is 0 Å². The molecule has 0 spiro atoms. The number of hydrogen-bond donors (Lipinski definition) is 3. The van der Waals surface area contributed by atoms with Crippen LogP contribution in [0.2, 0.25) is 0 Å². The highest BCUT2D eigenvalue weighted by Gasteiger charge is 2.44. The zero-order valence-corrected chi connectivity index (χ0v) is 19.1. The summed E-state index contributed by atoms with van der Waals surface area (Å²) in [6, 6.07) is 8.82. The number of nitrogens with zero attached hydrogens (tertiary/aromatic N) is 2. The molecule has 2 aliphatic heterocycles. The molecule has 2 amide bonds. The lowest BCUT2D eigenvalue weighted by Gasteiger charge is -2.27. The zero-order valence-electron chi connectivity index (χ0n) is 17.5. The molecule has 2 aliphatic rings. The van der Waals surface area contributed by atoms with Gasteiger partial charge in [0.15, 0.2) is 0 Å². The van der Waals surface area contributed by atoms with Gasteiger partial charge in [0.25, 0.3) is 5.91 Å². The molecule has 4 rings (SSSR count). The molecule has 1 saturated heterocycles. The molecular formula is C20H19N3O9S2. The molecule has 1 aromatic carbocycles. The SMILES string of the molecule is O=C(O)C(=O)Nc1sc2c(c1C(=O)O)CC(CN1C(=O)CN(Cc3ccccc3)S1(=O)=O)OC2. The van der Waals surface area contributed by atoms with Crippen LogP contribution in [0.3, 0.4) is 0 Å². The van der Waals surface area contributed by atoms with Crippen LogP contribution in [0.25, 0.3) is 0 Å². The number of rotatable bonds is 6. The monoisotopic (exact) mass is 509 g/mol. The summed E-state index contributed by atoms with van der Waals surface area (Å²) < 4.78 is 33.4. The number of nitrogens with one attached hydrogen (secondary N) is 1. The Labute approximate surface area is 197 Å². The Hall–Kier alpha value is -3.33. The summed E-state index contributed by atoms with van der Waals surface area (Å²) in [5.74, 6) is -5.15. The van der Waals surface area contributed by atoms with Crippen molar-refractivity contribution in [1.82, 2.24) is 8.61 Å². The van der Waals surface area contributed by atoms with E-state index in [0.29, 0.717) is 10.4 Å². The number of anilines is 1. The van der Waals surface area contributed by atoms with Crippen molar-refractivity contribution in [2.45, 2.75) is 25.7 Å². The standard InChI is InChI=1S/C20H19N3O9S2/c24-15-9-22(7-11-4-2-1-3-5-11)34(30,31)23(15)8-12-6-13-14(10-32-12)33-18(16(13)19(26)27)21-17(25)20(28)29/h1-5,12H,6-10H2,(H,21,25)(H,26,27)(H,28,29). The number of aliphatic carboxylic acids is 1. The van der Waals surface area contributed by atoms with Crippen molar-refractivity contribution < 1.29 is 42.5 Å². The first-order valence-electron chi connectivity index (χ1n) is 9.96. The van der Waals surface area contributed by atoms with Gasteiger partial charge in [0.05, 0.1) is 31.4 Å². The molecule has 1 aromatic heterocycles. The maximum atomic E-state index is 13.0. The first-order chi connectivity index (χ1) is 16.1. The van der Waals surface area contributed by atoms with Gasteiger partial charge in [-0.3, -0.25) is 9.59 Å². The van der Waals surface area contributed by atoms with Gasteiger partial charge >= 0.3 is 28.1 Å². The molecule has 12 nitrogen and oxygen atoms in total. The normalized spacial score (nSPS) is 19.6. The number of carboxylic acid groups (broad SMARTS) is 2. The Morgan fingerprint density at radius 2 is 1.88 bits per heavy atom. The average molecular weight is 510 g/mol. The number of amides is 2. The quantitative estimate of drug-likeness (QED) is 0.469. The van der Waals surface area contributed by atoms with E-state index in [2.05, 4.69) is 5.32 Å². The predicted octanol–water partition coefficient (Wildman–Crippen LogP) is 0.500. The molecule has 3 heterocycles. The van der Waals surface area contributed by atoms with Gasteiger partial charge < -0.3 is 20.3 Å². The lowest BCUT2D eigenvalue weighted by Crippen LogP contribution is -2.41. The van der Waals surface area contributed by atoms with Gasteiger partial charge in [-0.05, 0) is 11.1 Å². The Morgan fingerprint density at radius 1 is 1.18 bits per heavy atom. The van der Waals surface area contributed by atoms with E-state index in [9.17, 15) is 32.7 Å². The summed E-state index contributed by atoms with van der Waals surface area (Å²) in [5, 5.41) is 20.3. The molecule has 1 atom stereocenters. The minimum atomic E-state index is -4.10. The largest absolute Gasteiger partial charge is 0.478 e. The molecule has 0 aliphatic carbocycles. The number of carbonyl (C=O) groups excluding carboxylic acids is 2. The van der Waals surface area contributed by atoms with Crippen LogP contribution in [0.15, 0.2) is 30.3 Å². The van der Waals surface area contributed by atoms with Crippen LogP contribution in [0.5, 0.6) is 0 Å². The van der Waals surface area contributed by atoms with E-state index < -0.39 is 40.1 Å². The third kappa shape index (κ3) is 4.52. The van der Waals surface area contributed by atoms with Gasteiger partial charge in [-0.15, -0.1) is 11.3 Å². The first kappa shape index (κ1) is 23.8. The van der Waals surface area contributed by atoms with E-state index in [1.54, 1.807) is 30.3 Å². The highest BCUT2D eigenvalue weighted by molar-refractivity contribution is 7.87. The van der Waals surface area contributed by atoms with Crippen molar-refractivity contribution in [3.8, 4) is 0 Å². The predicted molar refractivity (Wildman–Crippen MR) is 117 cm³/mol. The van der Waals surface area contributed by atoms with Gasteiger partial charge in [0.1, 0.15) is 5.00 Å². The Kier molecular flexibility index (Phi) is 6.40. The number of hydrogen-bond acceptors (Lipinski definition) is 8. The molecular weight excluding hydrogens is 490 g/mol. The number of benzene rings is 1. The van der Waals surface area contributed by atoms with Gasteiger partial charge in [-0.25, -0.2) is 13.9 Å². The first-order valence-corrected chi connectivity index (χ1v) is 12.2. The molecule has 3 N–H and O–H groups in total. The summed E-state index contributed by atoms with van der Waals surface area (Å²) in [6.07, 6.45) is -0.854. The molecule has 0 bridgehead atoms. The third-order valence-electron chi connectivity index (χ3n) is 5.37. The van der Waals surface area contributed by atoms with Crippen LogP contribution in [0.1, 0.15) is 26.4 Å². The fourth-order valence-corrected chi connectivity index (χ4v) is 6.47. The Balaban J connectivity index is 1.52. The summed E-state index contributed by atoms with van der Waals surface area (Å²) >= 11 is 0.875. The van der Waals surface area contributed by atoms with Crippen molar-refractivity contribution in [2.75, 3.05) is 18.4 Å². The highest BCUT2D eigenvalue weighted by Crippen LogP contribution is 2.38. The van der Waals surface area contributed by atoms with Crippen LogP contribution in [-0.4, -0.2) is 70.2 Å². The molecule has 180 valence electrons. The van der Waals surface area contributed by atoms with E-state index in [4.69, 9.17) is 9.84 Å². The zero-order chi connectivity index (χ0) is 24.6. The molecule has 1 unspecified atom stereocenters. The lowest BCUT2D eigenvalue weighted by atomic mass is 10.0. The van der Waals surface area contributed by atoms with E-state index in [1.807, 2.05) is 0 Å². The number of thiophene rings is 1. The summed E-state index contributed by atoms with van der Waals surface area (Å²) in [7, 11) is -4.10. The summed E-state index contributed by atoms with van der Waals surface area (Å²) in [5.41, 5.74) is 0.753. The van der Waals surface area contributed by atoms with E-state index in [1.165, 1.54) is 0 Å². The maximum absolute atomic E-state index is 13.0. The third-order valence-corrected chi connectivity index (χ3v) is 8.32. The van der Waals surface area contributed by atoms with Crippen LogP contribution < -0.4 is 5.32 Å². The van der Waals surface area contributed by atoms with Gasteiger partial charge in [-0.2, -0.15) is 12.7 Å². The lowest BCUT2D eigenvalue weighted by molar-refractivity contribution is -0.147. The number of ether oxygens (including phenoxy) is 1. The number of carboxylic acids is 2. The molecule has 0 saturated carbocycles. The highest BCUT2D eigenvalue weighted by atomic mass is 32.2. The topological polar surface area (TPSA) is 171 Å². The van der Waals surface area contributed by atoms with Crippen LogP contribution in [-0.2, 0) is 48.9 Å². The Bertz CT molecular complexity index is 1270. The number of carbonyl (C=O) groups is 4. The summed E-state index contributed by atoms with van der Waals surface area (Å²) in [6.45, 7) is -0.678. The van der Waals surface area contributed by atoms with E-state index in [-0.39, 0.29) is 43.2 Å². The molecule has 2 aromatic rings. The number of aromatic carboxylic acids is 1. The van der Waals surface area contributed by atoms with Crippen LogP contribution in [0.4, 0.5) is 5.00 Å².